The molecule has 2 aromatic carbocycles. The van der Waals surface area contributed by atoms with Crippen molar-refractivity contribution in [1.29, 1.82) is 0 Å². The molecule has 0 bridgehead atoms. The first kappa shape index (κ1) is 28.8. The number of rotatable bonds is 13. The molecule has 3 aromatic rings. The van der Waals surface area contributed by atoms with E-state index in [1.807, 2.05) is 0 Å². The highest BCUT2D eigenvalue weighted by Gasteiger charge is 2.46. The molecule has 1 aromatic heterocycles. The van der Waals surface area contributed by atoms with E-state index in [1.54, 1.807) is 61.7 Å². The maximum Gasteiger partial charge on any atom is 0.296 e. The summed E-state index contributed by atoms with van der Waals surface area (Å²) in [4.78, 5) is 28.1. The fourth-order valence-corrected chi connectivity index (χ4v) is 4.54. The minimum atomic E-state index is -0.871. The van der Waals surface area contributed by atoms with E-state index in [4.69, 9.17) is 18.6 Å². The van der Waals surface area contributed by atoms with Gasteiger partial charge < -0.3 is 28.6 Å². The summed E-state index contributed by atoms with van der Waals surface area (Å²) in [5, 5.41) is 11.4. The third-order valence-corrected chi connectivity index (χ3v) is 6.80. The number of nitrogens with zero attached hydrogens (tertiary/aromatic N) is 1. The van der Waals surface area contributed by atoms with Crippen LogP contribution < -0.4 is 14.2 Å². The van der Waals surface area contributed by atoms with Gasteiger partial charge in [0.1, 0.15) is 17.3 Å². The maximum atomic E-state index is 13.4. The molecule has 212 valence electrons. The number of hydrogen-bond acceptors (Lipinski definition) is 7. The summed E-state index contributed by atoms with van der Waals surface area (Å²) >= 11 is 0. The first-order valence-corrected chi connectivity index (χ1v) is 13.7. The zero-order valence-corrected chi connectivity index (χ0v) is 23.5. The van der Waals surface area contributed by atoms with Crippen molar-refractivity contribution in [3.8, 4) is 17.2 Å². The molecular formula is C32H37NO7. The van der Waals surface area contributed by atoms with Crippen LogP contribution in [0.5, 0.6) is 17.2 Å². The van der Waals surface area contributed by atoms with Crippen molar-refractivity contribution in [3.05, 3.63) is 83.3 Å². The first-order chi connectivity index (χ1) is 19.3. The zero-order valence-electron chi connectivity index (χ0n) is 23.5. The second kappa shape index (κ2) is 13.2. The van der Waals surface area contributed by atoms with E-state index in [1.165, 1.54) is 11.2 Å². The number of unbranched alkanes of at least 4 members (excludes halogenated alkanes) is 1. The van der Waals surface area contributed by atoms with E-state index in [-0.39, 0.29) is 17.9 Å². The number of hydrogen-bond donors (Lipinski definition) is 1. The predicted octanol–water partition coefficient (Wildman–Crippen LogP) is 6.51. The first-order valence-electron chi connectivity index (χ1n) is 13.7. The third kappa shape index (κ3) is 6.50. The molecule has 1 saturated heterocycles. The van der Waals surface area contributed by atoms with Gasteiger partial charge >= 0.3 is 0 Å². The largest absolute Gasteiger partial charge is 0.507 e. The van der Waals surface area contributed by atoms with Gasteiger partial charge in [0, 0.05) is 5.56 Å². The number of carbonyl (C=O) groups is 2. The summed E-state index contributed by atoms with van der Waals surface area (Å²) in [6.45, 7) is 7.52. The standard InChI is InChI=1S/C32H37NO7/c1-5-6-16-38-24-12-9-22(10-13-24)30(34)28-29(33(32(36)31(28)35)20-25-8-7-17-39-25)23-11-14-26(27(19-23)37-4)40-18-15-21(2)3/h7-14,17,19,21,29,34H,5-6,15-16,18,20H2,1-4H3. The number of carbonyl (C=O) groups excluding carboxylic acids is 2. The van der Waals surface area contributed by atoms with Crippen molar-refractivity contribution < 1.29 is 33.3 Å². The molecular weight excluding hydrogens is 510 g/mol. The van der Waals surface area contributed by atoms with Gasteiger partial charge in [-0.2, -0.15) is 0 Å². The van der Waals surface area contributed by atoms with Gasteiger partial charge in [0.2, 0.25) is 0 Å². The van der Waals surface area contributed by atoms with Gasteiger partial charge in [0.25, 0.3) is 11.7 Å². The Balaban J connectivity index is 1.73. The van der Waals surface area contributed by atoms with E-state index >= 15 is 0 Å². The average Bonchev–Trinajstić information content (AvgIpc) is 3.55. The quantitative estimate of drug-likeness (QED) is 0.113. The number of aliphatic hydroxyl groups is 1. The number of ketones is 1. The maximum absolute atomic E-state index is 13.4. The second-order valence-corrected chi connectivity index (χ2v) is 10.2. The number of methoxy groups -OCH3 is 1. The van der Waals surface area contributed by atoms with E-state index in [0.29, 0.717) is 53.3 Å². The van der Waals surface area contributed by atoms with Crippen molar-refractivity contribution in [2.75, 3.05) is 20.3 Å². The van der Waals surface area contributed by atoms with E-state index in [2.05, 4.69) is 20.8 Å². The van der Waals surface area contributed by atoms with Crippen LogP contribution in [0.2, 0.25) is 0 Å². The SMILES string of the molecule is CCCCOc1ccc(C(O)=C2C(=O)C(=O)N(Cc3ccco3)C2c2ccc(OCCC(C)C)c(OC)c2)cc1. The fourth-order valence-electron chi connectivity index (χ4n) is 4.54. The van der Waals surface area contributed by atoms with Crippen LogP contribution in [-0.2, 0) is 16.1 Å². The highest BCUT2D eigenvalue weighted by Crippen LogP contribution is 2.43. The molecule has 0 radical (unpaired) electrons. The monoisotopic (exact) mass is 547 g/mol. The molecule has 1 unspecified atom stereocenters. The highest BCUT2D eigenvalue weighted by molar-refractivity contribution is 6.46. The van der Waals surface area contributed by atoms with Gasteiger partial charge in [-0.15, -0.1) is 0 Å². The molecule has 8 heteroatoms. The van der Waals surface area contributed by atoms with Crippen molar-refractivity contribution in [2.24, 2.45) is 5.92 Å². The van der Waals surface area contributed by atoms with Crippen LogP contribution in [0, 0.1) is 5.92 Å². The molecule has 1 fully saturated rings. The summed E-state index contributed by atoms with van der Waals surface area (Å²) in [6, 6.07) is 14.7. The van der Waals surface area contributed by atoms with Crippen LogP contribution in [0.3, 0.4) is 0 Å². The minimum absolute atomic E-state index is 0.00765. The Kier molecular flexibility index (Phi) is 9.53. The average molecular weight is 548 g/mol. The Hall–Kier alpha value is -4.20. The fraction of sp³-hybridized carbons (Fsp3) is 0.375. The summed E-state index contributed by atoms with van der Waals surface area (Å²) in [5.74, 6) is 0.947. The molecule has 4 rings (SSSR count). The molecule has 1 amide bonds. The lowest BCUT2D eigenvalue weighted by Gasteiger charge is -2.25. The van der Waals surface area contributed by atoms with Crippen LogP contribution in [0.25, 0.3) is 5.76 Å². The molecule has 1 aliphatic rings. The van der Waals surface area contributed by atoms with Gasteiger partial charge in [-0.25, -0.2) is 0 Å². The minimum Gasteiger partial charge on any atom is -0.507 e. The van der Waals surface area contributed by atoms with Crippen molar-refractivity contribution >= 4 is 17.4 Å². The summed E-state index contributed by atoms with van der Waals surface area (Å²) in [7, 11) is 1.54. The lowest BCUT2D eigenvalue weighted by molar-refractivity contribution is -0.140. The smallest absolute Gasteiger partial charge is 0.296 e. The van der Waals surface area contributed by atoms with Crippen molar-refractivity contribution in [2.45, 2.75) is 52.6 Å². The molecule has 0 spiro atoms. The third-order valence-electron chi connectivity index (χ3n) is 6.80. The molecule has 0 aliphatic carbocycles. The zero-order chi connectivity index (χ0) is 28.6. The number of likely N-dealkylation sites (tertiary alicyclic amines) is 1. The van der Waals surface area contributed by atoms with Gasteiger partial charge in [-0.1, -0.05) is 33.3 Å². The number of ether oxygens (including phenoxy) is 3. The number of Topliss-reactive ketones (excluding diaryl/α,β-unsaturated/α-hetero) is 1. The molecule has 1 aliphatic heterocycles. The Bertz CT molecular complexity index is 1330. The Morgan fingerprint density at radius 3 is 2.45 bits per heavy atom. The lowest BCUT2D eigenvalue weighted by atomic mass is 9.95. The molecule has 1 N–H and O–H groups in total. The van der Waals surface area contributed by atoms with Crippen LogP contribution in [0.4, 0.5) is 0 Å². The molecule has 0 saturated carbocycles. The van der Waals surface area contributed by atoms with Gasteiger partial charge in [-0.05, 0) is 72.9 Å². The van der Waals surface area contributed by atoms with Crippen molar-refractivity contribution in [1.82, 2.24) is 4.90 Å². The summed E-state index contributed by atoms with van der Waals surface area (Å²) in [5.41, 5.74) is 0.996. The summed E-state index contributed by atoms with van der Waals surface area (Å²) in [6.07, 6.45) is 4.35. The summed E-state index contributed by atoms with van der Waals surface area (Å²) < 4.78 is 22.8. The van der Waals surface area contributed by atoms with Gasteiger partial charge in [0.15, 0.2) is 11.5 Å². The van der Waals surface area contributed by atoms with Crippen LogP contribution in [0.15, 0.2) is 70.9 Å². The van der Waals surface area contributed by atoms with E-state index in [0.717, 1.165) is 19.3 Å². The van der Waals surface area contributed by atoms with Gasteiger partial charge in [-0.3, -0.25) is 9.59 Å². The Morgan fingerprint density at radius 2 is 1.80 bits per heavy atom. The normalized spacial score (nSPS) is 16.5. The Morgan fingerprint density at radius 1 is 1.02 bits per heavy atom. The number of amides is 1. The van der Waals surface area contributed by atoms with Crippen LogP contribution in [-0.4, -0.2) is 42.0 Å². The number of furan rings is 1. The topological polar surface area (TPSA) is 98.4 Å². The molecule has 2 heterocycles. The predicted molar refractivity (Wildman–Crippen MR) is 151 cm³/mol. The van der Waals surface area contributed by atoms with E-state index in [9.17, 15) is 14.7 Å². The van der Waals surface area contributed by atoms with E-state index < -0.39 is 17.7 Å². The van der Waals surface area contributed by atoms with Crippen molar-refractivity contribution in [3.63, 3.8) is 0 Å². The molecule has 1 atom stereocenters. The number of benzene rings is 2. The van der Waals surface area contributed by atoms with Crippen LogP contribution >= 0.6 is 0 Å². The second-order valence-electron chi connectivity index (χ2n) is 10.2. The number of aliphatic hydroxyl groups excluding tert-OH is 1. The lowest BCUT2D eigenvalue weighted by Crippen LogP contribution is -2.29. The highest BCUT2D eigenvalue weighted by atomic mass is 16.5. The molecule has 40 heavy (non-hydrogen) atoms. The molecule has 8 nitrogen and oxygen atoms in total. The van der Waals surface area contributed by atoms with Crippen LogP contribution in [0.1, 0.15) is 63.0 Å². The van der Waals surface area contributed by atoms with Gasteiger partial charge in [0.05, 0.1) is 44.7 Å². The Labute approximate surface area is 235 Å².